The van der Waals surface area contributed by atoms with Gasteiger partial charge < -0.3 is 9.73 Å². The van der Waals surface area contributed by atoms with E-state index in [1.165, 1.54) is 23.1 Å². The molecule has 4 aromatic rings. The van der Waals surface area contributed by atoms with Gasteiger partial charge in [0.15, 0.2) is 5.16 Å². The second-order valence-corrected chi connectivity index (χ2v) is 9.41. The van der Waals surface area contributed by atoms with E-state index >= 15 is 0 Å². The van der Waals surface area contributed by atoms with Crippen molar-refractivity contribution >= 4 is 39.2 Å². The van der Waals surface area contributed by atoms with Crippen molar-refractivity contribution in [3.8, 4) is 10.4 Å². The maximum absolute atomic E-state index is 13.3. The third-order valence-corrected chi connectivity index (χ3v) is 7.36. The maximum Gasteiger partial charge on any atom is 0.263 e. The van der Waals surface area contributed by atoms with Gasteiger partial charge in [-0.15, -0.1) is 11.3 Å². The van der Waals surface area contributed by atoms with Crippen molar-refractivity contribution in [2.24, 2.45) is 0 Å². The zero-order valence-electron chi connectivity index (χ0n) is 17.5. The maximum atomic E-state index is 13.3. The summed E-state index contributed by atoms with van der Waals surface area (Å²) in [6.45, 7) is 6.52. The van der Waals surface area contributed by atoms with Crippen LogP contribution < -0.4 is 10.9 Å². The van der Waals surface area contributed by atoms with Crippen molar-refractivity contribution in [3.63, 3.8) is 0 Å². The molecule has 4 rings (SSSR count). The summed E-state index contributed by atoms with van der Waals surface area (Å²) in [4.78, 5) is 32.4. The number of benzene rings is 1. The van der Waals surface area contributed by atoms with Crippen LogP contribution in [0, 0.1) is 6.92 Å². The molecule has 3 aromatic heterocycles. The minimum atomic E-state index is -0.410. The number of thioether (sulfide) groups is 1. The van der Waals surface area contributed by atoms with Crippen LogP contribution in [0.5, 0.6) is 0 Å². The Morgan fingerprint density at radius 1 is 1.26 bits per heavy atom. The van der Waals surface area contributed by atoms with Crippen LogP contribution in [0.4, 0.5) is 0 Å². The van der Waals surface area contributed by atoms with Gasteiger partial charge in [-0.05, 0) is 44.0 Å². The van der Waals surface area contributed by atoms with Crippen molar-refractivity contribution in [2.45, 2.75) is 44.3 Å². The lowest BCUT2D eigenvalue weighted by Gasteiger charge is -2.14. The minimum Gasteiger partial charge on any atom is -0.467 e. The van der Waals surface area contributed by atoms with Crippen LogP contribution in [-0.4, -0.2) is 20.7 Å². The lowest BCUT2D eigenvalue weighted by molar-refractivity contribution is -0.120. The first-order chi connectivity index (χ1) is 15.0. The zero-order chi connectivity index (χ0) is 22.0. The van der Waals surface area contributed by atoms with Crippen molar-refractivity contribution in [1.29, 1.82) is 0 Å². The molecule has 3 heterocycles. The van der Waals surface area contributed by atoms with Gasteiger partial charge in [0, 0.05) is 11.4 Å². The number of aryl methyl sites for hydroxylation is 1. The molecule has 1 amide bonds. The Labute approximate surface area is 188 Å². The van der Waals surface area contributed by atoms with Crippen LogP contribution in [0.2, 0.25) is 0 Å². The average Bonchev–Trinajstić information content (AvgIpc) is 3.41. The molecule has 0 radical (unpaired) electrons. The lowest BCUT2D eigenvalue weighted by Crippen LogP contribution is -2.31. The van der Waals surface area contributed by atoms with Crippen LogP contribution >= 0.6 is 23.1 Å². The Morgan fingerprint density at radius 2 is 2.03 bits per heavy atom. The van der Waals surface area contributed by atoms with E-state index in [2.05, 4.69) is 5.32 Å². The van der Waals surface area contributed by atoms with Gasteiger partial charge >= 0.3 is 0 Å². The Kier molecular flexibility index (Phi) is 6.29. The molecular formula is C23H23N3O3S2. The van der Waals surface area contributed by atoms with Crippen LogP contribution in [0.1, 0.15) is 25.2 Å². The smallest absolute Gasteiger partial charge is 0.263 e. The topological polar surface area (TPSA) is 77.1 Å². The van der Waals surface area contributed by atoms with Crippen LogP contribution in [0.25, 0.3) is 20.7 Å². The molecule has 1 atom stereocenters. The van der Waals surface area contributed by atoms with E-state index in [0.29, 0.717) is 34.2 Å². The summed E-state index contributed by atoms with van der Waals surface area (Å²) in [5.74, 6) is 0.559. The predicted molar refractivity (Wildman–Crippen MR) is 126 cm³/mol. The van der Waals surface area contributed by atoms with Gasteiger partial charge in [0.25, 0.3) is 5.56 Å². The summed E-state index contributed by atoms with van der Waals surface area (Å²) in [6, 6.07) is 13.6. The Morgan fingerprint density at radius 3 is 2.71 bits per heavy atom. The molecule has 1 N–H and O–H groups in total. The number of rotatable bonds is 7. The Bertz CT molecular complexity index is 1260. The van der Waals surface area contributed by atoms with Gasteiger partial charge in [-0.2, -0.15) is 0 Å². The molecule has 31 heavy (non-hydrogen) atoms. The molecule has 0 spiro atoms. The van der Waals surface area contributed by atoms with E-state index in [0.717, 1.165) is 16.0 Å². The number of furan rings is 1. The molecule has 0 saturated heterocycles. The van der Waals surface area contributed by atoms with Gasteiger partial charge in [-0.1, -0.05) is 42.1 Å². The normalized spacial score (nSPS) is 12.2. The van der Waals surface area contributed by atoms with Crippen LogP contribution in [0.15, 0.2) is 63.1 Å². The molecule has 6 nitrogen and oxygen atoms in total. The molecule has 160 valence electrons. The monoisotopic (exact) mass is 453 g/mol. The van der Waals surface area contributed by atoms with Gasteiger partial charge in [0.05, 0.1) is 23.4 Å². The molecule has 0 aliphatic rings. The van der Waals surface area contributed by atoms with E-state index in [-0.39, 0.29) is 11.5 Å². The predicted octanol–water partition coefficient (Wildman–Crippen LogP) is 4.84. The summed E-state index contributed by atoms with van der Waals surface area (Å²) in [7, 11) is 0. The first-order valence-electron chi connectivity index (χ1n) is 10.1. The fourth-order valence-electron chi connectivity index (χ4n) is 3.37. The number of hydrogen-bond acceptors (Lipinski definition) is 6. The van der Waals surface area contributed by atoms with E-state index in [1.54, 1.807) is 16.9 Å². The van der Waals surface area contributed by atoms with Crippen LogP contribution in [0.3, 0.4) is 0 Å². The molecule has 0 aliphatic carbocycles. The summed E-state index contributed by atoms with van der Waals surface area (Å²) in [5, 5.41) is 3.67. The number of hydrogen-bond donors (Lipinski definition) is 1. The van der Waals surface area contributed by atoms with Crippen LogP contribution in [-0.2, 0) is 17.9 Å². The van der Waals surface area contributed by atoms with Gasteiger partial charge in [0.1, 0.15) is 10.6 Å². The highest BCUT2D eigenvalue weighted by Gasteiger charge is 2.22. The second-order valence-electron chi connectivity index (χ2n) is 7.10. The lowest BCUT2D eigenvalue weighted by atomic mass is 10.1. The Hall–Kier alpha value is -2.84. The molecule has 1 aromatic carbocycles. The highest BCUT2D eigenvalue weighted by molar-refractivity contribution is 8.00. The number of nitrogens with zero attached hydrogens (tertiary/aromatic N) is 2. The first kappa shape index (κ1) is 21.4. The molecule has 0 fully saturated rings. The molecule has 0 aliphatic heterocycles. The van der Waals surface area contributed by atoms with Crippen molar-refractivity contribution in [3.05, 3.63) is 70.4 Å². The standard InChI is InChI=1S/C23H23N3O3S2/c1-4-26-22(28)18-14(2)19(16-9-6-5-7-10-16)31-21(18)25-23(26)30-15(3)20(27)24-13-17-11-8-12-29-17/h5-12,15H,4,13H2,1-3H3,(H,24,27). The fourth-order valence-corrected chi connectivity index (χ4v) is 5.60. The number of aromatic nitrogens is 2. The average molecular weight is 454 g/mol. The van der Waals surface area contributed by atoms with E-state index in [4.69, 9.17) is 9.40 Å². The molecule has 0 bridgehead atoms. The largest absolute Gasteiger partial charge is 0.467 e. The summed E-state index contributed by atoms with van der Waals surface area (Å²) in [5.41, 5.74) is 1.96. The molecule has 0 saturated carbocycles. The molecular weight excluding hydrogens is 430 g/mol. The minimum absolute atomic E-state index is 0.0610. The van der Waals surface area contributed by atoms with Crippen molar-refractivity contribution < 1.29 is 9.21 Å². The number of amides is 1. The van der Waals surface area contributed by atoms with Gasteiger partial charge in [-0.25, -0.2) is 4.98 Å². The van der Waals surface area contributed by atoms with E-state index in [9.17, 15) is 9.59 Å². The SMILES string of the molecule is CCn1c(SC(C)C(=O)NCc2ccco2)nc2sc(-c3ccccc3)c(C)c2c1=O. The number of nitrogens with one attached hydrogen (secondary N) is 1. The molecule has 8 heteroatoms. The van der Waals surface area contributed by atoms with Crippen molar-refractivity contribution in [2.75, 3.05) is 0 Å². The number of thiophene rings is 1. The Balaban J connectivity index is 1.64. The first-order valence-corrected chi connectivity index (χ1v) is 11.7. The van der Waals surface area contributed by atoms with E-state index in [1.807, 2.05) is 57.2 Å². The quantitative estimate of drug-likeness (QED) is 0.320. The number of fused-ring (bicyclic) bond motifs is 1. The van der Waals surface area contributed by atoms with Crippen molar-refractivity contribution in [1.82, 2.24) is 14.9 Å². The summed E-state index contributed by atoms with van der Waals surface area (Å²) < 4.78 is 6.90. The molecule has 1 unspecified atom stereocenters. The summed E-state index contributed by atoms with van der Waals surface area (Å²) >= 11 is 2.81. The fraction of sp³-hybridized carbons (Fsp3) is 0.261. The van der Waals surface area contributed by atoms with Gasteiger partial charge in [0.2, 0.25) is 5.91 Å². The highest BCUT2D eigenvalue weighted by atomic mass is 32.2. The summed E-state index contributed by atoms with van der Waals surface area (Å²) in [6.07, 6.45) is 1.57. The number of carbonyl (C=O) groups excluding carboxylic acids is 1. The third kappa shape index (κ3) is 4.31. The second kappa shape index (κ2) is 9.11. The van der Waals surface area contributed by atoms with E-state index < -0.39 is 5.25 Å². The highest BCUT2D eigenvalue weighted by Crippen LogP contribution is 2.36. The third-order valence-electron chi connectivity index (χ3n) is 5.04. The number of carbonyl (C=O) groups is 1. The van der Waals surface area contributed by atoms with Gasteiger partial charge in [-0.3, -0.25) is 14.2 Å². The zero-order valence-corrected chi connectivity index (χ0v) is 19.2.